The van der Waals surface area contributed by atoms with Gasteiger partial charge in [-0.2, -0.15) is 0 Å². The molecule has 1 aromatic heterocycles. The highest BCUT2D eigenvalue weighted by molar-refractivity contribution is 5.74. The van der Waals surface area contributed by atoms with E-state index in [0.29, 0.717) is 0 Å². The number of para-hydroxylation sites is 2. The molecule has 5 nitrogen and oxygen atoms in total. The average molecular weight is 314 g/mol. The normalized spacial score (nSPS) is 23.7. The lowest BCUT2D eigenvalue weighted by molar-refractivity contribution is 0.135. The molecule has 2 aliphatic heterocycles. The zero-order valence-corrected chi connectivity index (χ0v) is 13.7. The lowest BCUT2D eigenvalue weighted by Crippen LogP contribution is -2.44. The molecule has 1 atom stereocenters. The summed E-state index contributed by atoms with van der Waals surface area (Å²) in [4.78, 5) is 20.4. The molecular formula is C18H26N4O. The van der Waals surface area contributed by atoms with E-state index in [2.05, 4.69) is 14.8 Å². The van der Waals surface area contributed by atoms with Crippen molar-refractivity contribution in [3.63, 3.8) is 0 Å². The van der Waals surface area contributed by atoms with Crippen molar-refractivity contribution in [1.29, 1.82) is 0 Å². The minimum absolute atomic E-state index is 0.0142. The number of hydrogen-bond donors (Lipinski definition) is 1. The monoisotopic (exact) mass is 314 g/mol. The van der Waals surface area contributed by atoms with Crippen molar-refractivity contribution in [2.24, 2.45) is 0 Å². The van der Waals surface area contributed by atoms with Gasteiger partial charge in [0, 0.05) is 25.7 Å². The SMILES string of the molecule is O=c1[nH]c2ccccc2n1CCN1CCCN2CCCCC2C1. The van der Waals surface area contributed by atoms with Gasteiger partial charge < -0.3 is 4.98 Å². The Morgan fingerprint density at radius 3 is 2.87 bits per heavy atom. The fourth-order valence-corrected chi connectivity index (χ4v) is 4.22. The van der Waals surface area contributed by atoms with Crippen LogP contribution in [0.3, 0.4) is 0 Å². The second kappa shape index (κ2) is 6.49. The van der Waals surface area contributed by atoms with Crippen LogP contribution in [-0.4, -0.2) is 58.1 Å². The van der Waals surface area contributed by atoms with Gasteiger partial charge in [-0.3, -0.25) is 14.4 Å². The van der Waals surface area contributed by atoms with E-state index in [0.717, 1.165) is 43.3 Å². The van der Waals surface area contributed by atoms with Gasteiger partial charge in [0.1, 0.15) is 0 Å². The second-order valence-electron chi connectivity index (χ2n) is 6.94. The molecule has 0 amide bonds. The number of aromatic nitrogens is 2. The topological polar surface area (TPSA) is 44.3 Å². The van der Waals surface area contributed by atoms with Crippen molar-refractivity contribution in [1.82, 2.24) is 19.4 Å². The van der Waals surface area contributed by atoms with Crippen molar-refractivity contribution in [3.05, 3.63) is 34.7 Å². The molecule has 2 aromatic rings. The fourth-order valence-electron chi connectivity index (χ4n) is 4.22. The van der Waals surface area contributed by atoms with E-state index in [4.69, 9.17) is 0 Å². The van der Waals surface area contributed by atoms with Crippen molar-refractivity contribution in [2.45, 2.75) is 38.3 Å². The Bertz CT molecular complexity index is 719. The van der Waals surface area contributed by atoms with Crippen LogP contribution in [0.25, 0.3) is 11.0 Å². The minimum atomic E-state index is 0.0142. The molecule has 0 saturated carbocycles. The van der Waals surface area contributed by atoms with E-state index in [1.807, 2.05) is 28.8 Å². The highest BCUT2D eigenvalue weighted by atomic mass is 16.1. The van der Waals surface area contributed by atoms with Gasteiger partial charge in [-0.1, -0.05) is 18.6 Å². The van der Waals surface area contributed by atoms with Crippen LogP contribution in [0, 0.1) is 0 Å². The number of aromatic amines is 1. The third-order valence-electron chi connectivity index (χ3n) is 5.46. The molecule has 0 bridgehead atoms. The lowest BCUT2D eigenvalue weighted by atomic mass is 10.0. The molecule has 0 radical (unpaired) electrons. The Morgan fingerprint density at radius 2 is 1.91 bits per heavy atom. The predicted molar refractivity (Wildman–Crippen MR) is 92.8 cm³/mol. The summed E-state index contributed by atoms with van der Waals surface area (Å²) in [6, 6.07) is 8.69. The molecule has 1 aromatic carbocycles. The number of imidazole rings is 1. The number of piperidine rings is 1. The molecule has 5 heteroatoms. The van der Waals surface area contributed by atoms with E-state index < -0.39 is 0 Å². The van der Waals surface area contributed by atoms with E-state index in [9.17, 15) is 4.79 Å². The number of nitrogens with zero attached hydrogens (tertiary/aromatic N) is 3. The third kappa shape index (κ3) is 3.08. The van der Waals surface area contributed by atoms with Crippen LogP contribution in [0.1, 0.15) is 25.7 Å². The molecule has 3 heterocycles. The number of rotatable bonds is 3. The summed E-state index contributed by atoms with van der Waals surface area (Å²) in [5, 5.41) is 0. The van der Waals surface area contributed by atoms with Gasteiger partial charge in [-0.25, -0.2) is 4.79 Å². The van der Waals surface area contributed by atoms with Crippen LogP contribution in [-0.2, 0) is 6.54 Å². The van der Waals surface area contributed by atoms with Crippen LogP contribution in [0.5, 0.6) is 0 Å². The summed E-state index contributed by atoms with van der Waals surface area (Å²) in [7, 11) is 0. The summed E-state index contributed by atoms with van der Waals surface area (Å²) >= 11 is 0. The summed E-state index contributed by atoms with van der Waals surface area (Å²) in [5.74, 6) is 0. The average Bonchev–Trinajstić information content (AvgIpc) is 2.75. The lowest BCUT2D eigenvalue weighted by Gasteiger charge is -2.35. The van der Waals surface area contributed by atoms with Crippen LogP contribution >= 0.6 is 0 Å². The summed E-state index contributed by atoms with van der Waals surface area (Å²) in [5.41, 5.74) is 1.97. The number of hydrogen-bond acceptors (Lipinski definition) is 3. The van der Waals surface area contributed by atoms with Crippen LogP contribution in [0.15, 0.2) is 29.1 Å². The molecule has 4 rings (SSSR count). The molecule has 0 spiro atoms. The third-order valence-corrected chi connectivity index (χ3v) is 5.46. The highest BCUT2D eigenvalue weighted by Crippen LogP contribution is 2.21. The molecule has 2 fully saturated rings. The number of nitrogens with one attached hydrogen (secondary N) is 1. The van der Waals surface area contributed by atoms with Gasteiger partial charge in [0.05, 0.1) is 11.0 Å². The maximum absolute atomic E-state index is 12.2. The van der Waals surface area contributed by atoms with Crippen LogP contribution in [0.4, 0.5) is 0 Å². The zero-order chi connectivity index (χ0) is 15.6. The van der Waals surface area contributed by atoms with Crippen molar-refractivity contribution < 1.29 is 0 Å². The zero-order valence-electron chi connectivity index (χ0n) is 13.7. The number of H-pyrrole nitrogens is 1. The minimum Gasteiger partial charge on any atom is -0.306 e. The van der Waals surface area contributed by atoms with Crippen molar-refractivity contribution in [2.75, 3.05) is 32.7 Å². The molecule has 2 saturated heterocycles. The maximum atomic E-state index is 12.2. The summed E-state index contributed by atoms with van der Waals surface area (Å²) < 4.78 is 1.89. The van der Waals surface area contributed by atoms with Gasteiger partial charge in [-0.05, 0) is 51.0 Å². The predicted octanol–water partition coefficient (Wildman–Crippen LogP) is 1.89. The molecular weight excluding hydrogens is 288 g/mol. The van der Waals surface area contributed by atoms with E-state index in [1.54, 1.807) is 0 Å². The Kier molecular flexibility index (Phi) is 4.23. The molecule has 124 valence electrons. The number of fused-ring (bicyclic) bond motifs is 2. The smallest absolute Gasteiger partial charge is 0.306 e. The maximum Gasteiger partial charge on any atom is 0.326 e. The van der Waals surface area contributed by atoms with Gasteiger partial charge in [0.2, 0.25) is 0 Å². The van der Waals surface area contributed by atoms with Crippen LogP contribution in [0.2, 0.25) is 0 Å². The van der Waals surface area contributed by atoms with Gasteiger partial charge >= 0.3 is 5.69 Å². The van der Waals surface area contributed by atoms with Gasteiger partial charge in [0.15, 0.2) is 0 Å². The Balaban J connectivity index is 1.45. The van der Waals surface area contributed by atoms with Gasteiger partial charge in [-0.15, -0.1) is 0 Å². The summed E-state index contributed by atoms with van der Waals surface area (Å²) in [6.45, 7) is 6.58. The second-order valence-corrected chi connectivity index (χ2v) is 6.94. The Hall–Kier alpha value is -1.59. The first-order valence-corrected chi connectivity index (χ1v) is 8.95. The fraction of sp³-hybridized carbons (Fsp3) is 0.611. The summed E-state index contributed by atoms with van der Waals surface area (Å²) in [6.07, 6.45) is 5.32. The van der Waals surface area contributed by atoms with Crippen molar-refractivity contribution in [3.8, 4) is 0 Å². The number of benzene rings is 1. The molecule has 23 heavy (non-hydrogen) atoms. The molecule has 1 unspecified atom stereocenters. The van der Waals surface area contributed by atoms with Crippen LogP contribution < -0.4 is 5.69 Å². The first kappa shape index (κ1) is 15.0. The molecule has 0 aliphatic carbocycles. The Labute approximate surface area is 136 Å². The van der Waals surface area contributed by atoms with Gasteiger partial charge in [0.25, 0.3) is 0 Å². The Morgan fingerprint density at radius 1 is 1.04 bits per heavy atom. The molecule has 2 aliphatic rings. The van der Waals surface area contributed by atoms with E-state index >= 15 is 0 Å². The largest absolute Gasteiger partial charge is 0.326 e. The quantitative estimate of drug-likeness (QED) is 0.941. The highest BCUT2D eigenvalue weighted by Gasteiger charge is 2.26. The van der Waals surface area contributed by atoms with E-state index in [-0.39, 0.29) is 5.69 Å². The first-order chi connectivity index (χ1) is 11.3. The standard InChI is InChI=1S/C18H26N4O/c23-18-19-16-7-1-2-8-17(16)22(18)13-12-20-9-5-11-21-10-4-3-6-15(21)14-20/h1-2,7-8,15H,3-6,9-14H2,(H,19,23). The molecule has 1 N–H and O–H groups in total. The first-order valence-electron chi connectivity index (χ1n) is 8.95. The van der Waals surface area contributed by atoms with E-state index in [1.165, 1.54) is 38.8 Å². The van der Waals surface area contributed by atoms with Crippen molar-refractivity contribution >= 4 is 11.0 Å².